The highest BCUT2D eigenvalue weighted by Crippen LogP contribution is 2.32. The van der Waals surface area contributed by atoms with Crippen LogP contribution in [0.4, 0.5) is 4.79 Å². The number of amides is 1. The highest BCUT2D eigenvalue weighted by Gasteiger charge is 2.37. The van der Waals surface area contributed by atoms with Crippen LogP contribution in [0.15, 0.2) is 40.0 Å². The minimum absolute atomic E-state index is 0.232. The molecule has 3 rings (SSSR count). The standard InChI is InChI=1S/C19H24BrN3O4S/c1-19(2,3)27-18(24)22(4)14-8-9-23(12-14)28(25,26)16-7-5-6-13-10-21-11-15(20)17(13)16/h5-7,10-11,14H,8-9,12H2,1-4H3. The number of hydrogen-bond donors (Lipinski definition) is 0. The summed E-state index contributed by atoms with van der Waals surface area (Å²) in [6, 6.07) is 4.91. The van der Waals surface area contributed by atoms with Gasteiger partial charge in [-0.2, -0.15) is 4.31 Å². The van der Waals surface area contributed by atoms with Crippen molar-refractivity contribution in [3.63, 3.8) is 0 Å². The van der Waals surface area contributed by atoms with Gasteiger partial charge in [-0.3, -0.25) is 4.98 Å². The van der Waals surface area contributed by atoms with E-state index in [0.29, 0.717) is 22.8 Å². The zero-order valence-electron chi connectivity index (χ0n) is 16.3. The van der Waals surface area contributed by atoms with Gasteiger partial charge in [0.25, 0.3) is 0 Å². The fraction of sp³-hybridized carbons (Fsp3) is 0.474. The normalized spacial score (nSPS) is 18.4. The Morgan fingerprint density at radius 1 is 1.32 bits per heavy atom. The lowest BCUT2D eigenvalue weighted by molar-refractivity contribution is 0.0232. The Labute approximate surface area is 173 Å². The third-order valence-electron chi connectivity index (χ3n) is 4.67. The molecule has 1 aromatic carbocycles. The monoisotopic (exact) mass is 469 g/mol. The van der Waals surface area contributed by atoms with E-state index in [1.807, 2.05) is 6.07 Å². The smallest absolute Gasteiger partial charge is 0.410 e. The summed E-state index contributed by atoms with van der Waals surface area (Å²) in [5, 5.41) is 1.36. The summed E-state index contributed by atoms with van der Waals surface area (Å²) in [5.41, 5.74) is -0.598. The minimum atomic E-state index is -3.72. The van der Waals surface area contributed by atoms with Crippen LogP contribution in [-0.4, -0.2) is 60.5 Å². The molecule has 1 aromatic heterocycles. The van der Waals surface area contributed by atoms with E-state index in [0.717, 1.165) is 5.39 Å². The molecule has 0 spiro atoms. The van der Waals surface area contributed by atoms with E-state index >= 15 is 0 Å². The van der Waals surface area contributed by atoms with E-state index < -0.39 is 21.7 Å². The highest BCUT2D eigenvalue weighted by molar-refractivity contribution is 9.10. The second-order valence-corrected chi connectivity index (χ2v) is 10.6. The molecule has 28 heavy (non-hydrogen) atoms. The molecular formula is C19H24BrN3O4S. The molecule has 1 aliphatic rings. The van der Waals surface area contributed by atoms with Gasteiger partial charge in [-0.25, -0.2) is 13.2 Å². The summed E-state index contributed by atoms with van der Waals surface area (Å²) in [6.45, 7) is 5.99. The number of aromatic nitrogens is 1. The molecule has 1 saturated heterocycles. The van der Waals surface area contributed by atoms with Crippen molar-refractivity contribution in [1.29, 1.82) is 0 Å². The second kappa shape index (κ2) is 7.61. The summed E-state index contributed by atoms with van der Waals surface area (Å²) < 4.78 is 34.1. The minimum Gasteiger partial charge on any atom is -0.444 e. The number of hydrogen-bond acceptors (Lipinski definition) is 5. The maximum Gasteiger partial charge on any atom is 0.410 e. The molecule has 0 radical (unpaired) electrons. The lowest BCUT2D eigenvalue weighted by atomic mass is 10.2. The number of carbonyl (C=O) groups excluding carboxylic acids is 1. The number of sulfonamides is 1. The van der Waals surface area contributed by atoms with Gasteiger partial charge >= 0.3 is 6.09 Å². The Kier molecular flexibility index (Phi) is 5.71. The maximum atomic E-state index is 13.3. The summed E-state index contributed by atoms with van der Waals surface area (Å²) >= 11 is 3.42. The van der Waals surface area contributed by atoms with Crippen LogP contribution in [0.2, 0.25) is 0 Å². The fourth-order valence-corrected chi connectivity index (χ4v) is 5.66. The van der Waals surface area contributed by atoms with Crippen molar-refractivity contribution >= 4 is 42.8 Å². The third-order valence-corrected chi connectivity index (χ3v) is 7.18. The van der Waals surface area contributed by atoms with E-state index in [1.165, 1.54) is 9.21 Å². The number of halogens is 1. The topological polar surface area (TPSA) is 79.8 Å². The molecule has 1 fully saturated rings. The summed E-state index contributed by atoms with van der Waals surface area (Å²) in [4.78, 5) is 18.1. The van der Waals surface area contributed by atoms with Crippen molar-refractivity contribution in [2.45, 2.75) is 43.7 Å². The first-order valence-corrected chi connectivity index (χ1v) is 11.2. The van der Waals surface area contributed by atoms with Gasteiger partial charge in [-0.1, -0.05) is 12.1 Å². The molecule has 0 N–H and O–H groups in total. The summed E-state index contributed by atoms with van der Waals surface area (Å²) in [7, 11) is -2.07. The van der Waals surface area contributed by atoms with Crippen LogP contribution < -0.4 is 0 Å². The predicted octanol–water partition coefficient (Wildman–Crippen LogP) is 3.63. The molecule has 9 heteroatoms. The first-order chi connectivity index (χ1) is 13.0. The number of rotatable bonds is 3. The molecule has 152 valence electrons. The van der Waals surface area contributed by atoms with Gasteiger partial charge in [-0.05, 0) is 49.2 Å². The molecule has 0 saturated carbocycles. The number of nitrogens with zero attached hydrogens (tertiary/aromatic N) is 3. The highest BCUT2D eigenvalue weighted by atomic mass is 79.9. The average molecular weight is 470 g/mol. The molecule has 7 nitrogen and oxygen atoms in total. The summed E-state index contributed by atoms with van der Waals surface area (Å²) in [5.74, 6) is 0. The molecule has 1 unspecified atom stereocenters. The Balaban J connectivity index is 1.85. The lowest BCUT2D eigenvalue weighted by Crippen LogP contribution is -2.42. The van der Waals surface area contributed by atoms with Crippen LogP contribution in [0.5, 0.6) is 0 Å². The van der Waals surface area contributed by atoms with Gasteiger partial charge in [0.05, 0.1) is 4.90 Å². The first-order valence-electron chi connectivity index (χ1n) is 8.99. The Bertz CT molecular complexity index is 999. The van der Waals surface area contributed by atoms with Crippen molar-refractivity contribution in [2.75, 3.05) is 20.1 Å². The molecular weight excluding hydrogens is 446 g/mol. The van der Waals surface area contributed by atoms with Crippen LogP contribution in [-0.2, 0) is 14.8 Å². The lowest BCUT2D eigenvalue weighted by Gasteiger charge is -2.28. The quantitative estimate of drug-likeness (QED) is 0.685. The van der Waals surface area contributed by atoms with E-state index in [9.17, 15) is 13.2 Å². The van der Waals surface area contributed by atoms with Gasteiger partial charge in [0.1, 0.15) is 5.60 Å². The van der Waals surface area contributed by atoms with Crippen molar-refractivity contribution in [3.8, 4) is 0 Å². The largest absolute Gasteiger partial charge is 0.444 e. The zero-order valence-corrected chi connectivity index (χ0v) is 18.7. The van der Waals surface area contributed by atoms with E-state index in [1.54, 1.807) is 52.3 Å². The molecule has 2 heterocycles. The Hall–Kier alpha value is -1.71. The van der Waals surface area contributed by atoms with Crippen LogP contribution >= 0.6 is 15.9 Å². The van der Waals surface area contributed by atoms with Crippen molar-refractivity contribution in [2.24, 2.45) is 0 Å². The van der Waals surface area contributed by atoms with Crippen LogP contribution in [0.1, 0.15) is 27.2 Å². The van der Waals surface area contributed by atoms with Gasteiger partial charge in [0, 0.05) is 53.8 Å². The van der Waals surface area contributed by atoms with E-state index in [4.69, 9.17) is 4.74 Å². The number of carbonyl (C=O) groups is 1. The van der Waals surface area contributed by atoms with Crippen LogP contribution in [0.25, 0.3) is 10.8 Å². The van der Waals surface area contributed by atoms with Gasteiger partial charge < -0.3 is 9.64 Å². The summed E-state index contributed by atoms with van der Waals surface area (Å²) in [6.07, 6.45) is 3.34. The van der Waals surface area contributed by atoms with Crippen molar-refractivity contribution in [1.82, 2.24) is 14.2 Å². The van der Waals surface area contributed by atoms with Crippen LogP contribution in [0.3, 0.4) is 0 Å². The second-order valence-electron chi connectivity index (χ2n) is 7.87. The third kappa shape index (κ3) is 4.16. The predicted molar refractivity (Wildman–Crippen MR) is 111 cm³/mol. The zero-order chi connectivity index (χ0) is 20.7. The first kappa shape index (κ1) is 21.0. The van der Waals surface area contributed by atoms with Crippen molar-refractivity contribution in [3.05, 3.63) is 35.1 Å². The SMILES string of the molecule is CN(C(=O)OC(C)(C)C)C1CCN(S(=O)(=O)c2cccc3cncc(Br)c23)C1. The van der Waals surface area contributed by atoms with Gasteiger partial charge in [0.15, 0.2) is 0 Å². The van der Waals surface area contributed by atoms with Gasteiger partial charge in [-0.15, -0.1) is 0 Å². The van der Waals surface area contributed by atoms with Crippen molar-refractivity contribution < 1.29 is 17.9 Å². The molecule has 1 atom stereocenters. The van der Waals surface area contributed by atoms with Crippen LogP contribution in [0, 0.1) is 0 Å². The Morgan fingerprint density at radius 2 is 2.04 bits per heavy atom. The number of pyridine rings is 1. The number of ether oxygens (including phenoxy) is 1. The van der Waals surface area contributed by atoms with E-state index in [2.05, 4.69) is 20.9 Å². The molecule has 0 bridgehead atoms. The molecule has 1 aliphatic heterocycles. The molecule has 1 amide bonds. The fourth-order valence-electron chi connectivity index (χ4n) is 3.24. The van der Waals surface area contributed by atoms with E-state index in [-0.39, 0.29) is 17.5 Å². The molecule has 0 aliphatic carbocycles. The maximum absolute atomic E-state index is 13.3. The van der Waals surface area contributed by atoms with Gasteiger partial charge in [0.2, 0.25) is 10.0 Å². The number of likely N-dealkylation sites (N-methyl/N-ethyl adjacent to an activating group) is 1. The average Bonchev–Trinajstić information content (AvgIpc) is 3.10. The Morgan fingerprint density at radius 3 is 2.71 bits per heavy atom. The number of benzene rings is 1. The number of fused-ring (bicyclic) bond motifs is 1. The molecule has 2 aromatic rings.